The van der Waals surface area contributed by atoms with E-state index in [0.717, 1.165) is 43.2 Å². The van der Waals surface area contributed by atoms with Crippen LogP contribution in [0.1, 0.15) is 20.8 Å². The molecule has 0 aliphatic carbocycles. The molecular formula is C14H27BrIN5O. The van der Waals surface area contributed by atoms with Gasteiger partial charge in [0.15, 0.2) is 5.96 Å². The van der Waals surface area contributed by atoms with E-state index in [1.54, 1.807) is 0 Å². The quantitative estimate of drug-likeness (QED) is 0.349. The minimum absolute atomic E-state index is 0. The lowest BCUT2D eigenvalue weighted by Gasteiger charge is -2.43. The van der Waals surface area contributed by atoms with Crippen LogP contribution in [0.5, 0.6) is 0 Å². The Bertz CT molecular complexity index is 419. The number of nitrogens with zero attached hydrogens (tertiary/aromatic N) is 3. The van der Waals surface area contributed by atoms with Crippen LogP contribution in [0.15, 0.2) is 16.1 Å². The largest absolute Gasteiger partial charge is 0.368 e. The lowest BCUT2D eigenvalue weighted by atomic mass is 10.0. The highest BCUT2D eigenvalue weighted by atomic mass is 127. The third-order valence-electron chi connectivity index (χ3n) is 3.71. The fourth-order valence-electron chi connectivity index (χ4n) is 2.22. The Morgan fingerprint density at radius 1 is 1.36 bits per heavy atom. The first kappa shape index (κ1) is 21.6. The Morgan fingerprint density at radius 2 is 1.91 bits per heavy atom. The summed E-state index contributed by atoms with van der Waals surface area (Å²) in [6, 6.07) is 0. The first-order valence-corrected chi connectivity index (χ1v) is 7.99. The van der Waals surface area contributed by atoms with E-state index in [0.29, 0.717) is 6.54 Å². The minimum Gasteiger partial charge on any atom is -0.368 e. The van der Waals surface area contributed by atoms with E-state index in [4.69, 9.17) is 5.73 Å². The SMILES string of the molecule is C=C(Br)CN=C(NCC)N1CCN(C(C)(C)C(N)=O)CC1.I. The third kappa shape index (κ3) is 6.04. The average Bonchev–Trinajstić information content (AvgIpc) is 2.43. The van der Waals surface area contributed by atoms with Gasteiger partial charge in [-0.1, -0.05) is 22.5 Å². The summed E-state index contributed by atoms with van der Waals surface area (Å²) in [4.78, 5) is 20.4. The highest BCUT2D eigenvalue weighted by molar-refractivity contribution is 14.0. The Labute approximate surface area is 158 Å². The number of rotatable bonds is 5. The molecule has 0 aromatic rings. The van der Waals surface area contributed by atoms with Gasteiger partial charge in [-0.3, -0.25) is 9.69 Å². The van der Waals surface area contributed by atoms with Crippen LogP contribution in [0.2, 0.25) is 0 Å². The van der Waals surface area contributed by atoms with Gasteiger partial charge in [-0.15, -0.1) is 24.0 Å². The van der Waals surface area contributed by atoms with Crippen LogP contribution < -0.4 is 11.1 Å². The summed E-state index contributed by atoms with van der Waals surface area (Å²) >= 11 is 3.32. The van der Waals surface area contributed by atoms with Crippen molar-refractivity contribution in [3.63, 3.8) is 0 Å². The fraction of sp³-hybridized carbons (Fsp3) is 0.714. The van der Waals surface area contributed by atoms with E-state index in [2.05, 4.69) is 42.6 Å². The van der Waals surface area contributed by atoms with Gasteiger partial charge in [0.25, 0.3) is 0 Å². The van der Waals surface area contributed by atoms with Gasteiger partial charge in [0.1, 0.15) is 0 Å². The standard InChI is InChI=1S/C14H26BrN5O.HI/c1-5-17-13(18-10-11(2)15)19-6-8-20(9-7-19)14(3,4)12(16)21;/h2,5-10H2,1,3-4H3,(H2,16,21)(H,17,18);1H. The van der Waals surface area contributed by atoms with Crippen LogP contribution in [-0.2, 0) is 4.79 Å². The van der Waals surface area contributed by atoms with Gasteiger partial charge in [-0.2, -0.15) is 0 Å². The molecule has 3 N–H and O–H groups in total. The van der Waals surface area contributed by atoms with Gasteiger partial charge in [-0.25, -0.2) is 4.99 Å². The molecule has 1 heterocycles. The summed E-state index contributed by atoms with van der Waals surface area (Å²) in [5.74, 6) is 0.599. The maximum Gasteiger partial charge on any atom is 0.237 e. The zero-order chi connectivity index (χ0) is 16.0. The van der Waals surface area contributed by atoms with Gasteiger partial charge in [-0.05, 0) is 20.8 Å². The molecule has 8 heteroatoms. The van der Waals surface area contributed by atoms with Gasteiger partial charge >= 0.3 is 0 Å². The smallest absolute Gasteiger partial charge is 0.237 e. The van der Waals surface area contributed by atoms with Gasteiger partial charge in [0.2, 0.25) is 5.91 Å². The molecule has 1 saturated heterocycles. The van der Waals surface area contributed by atoms with Crippen molar-refractivity contribution in [1.29, 1.82) is 0 Å². The summed E-state index contributed by atoms with van der Waals surface area (Å²) in [6.07, 6.45) is 0. The first-order valence-electron chi connectivity index (χ1n) is 7.20. The third-order valence-corrected chi connectivity index (χ3v) is 3.96. The van der Waals surface area contributed by atoms with E-state index >= 15 is 0 Å². The topological polar surface area (TPSA) is 74.0 Å². The van der Waals surface area contributed by atoms with Crippen LogP contribution in [-0.4, -0.2) is 66.5 Å². The van der Waals surface area contributed by atoms with Crippen molar-refractivity contribution in [2.75, 3.05) is 39.3 Å². The van der Waals surface area contributed by atoms with Crippen molar-refractivity contribution in [3.05, 3.63) is 11.1 Å². The van der Waals surface area contributed by atoms with E-state index < -0.39 is 5.54 Å². The number of carbonyl (C=O) groups excluding carboxylic acids is 1. The van der Waals surface area contributed by atoms with Gasteiger partial charge in [0, 0.05) is 37.2 Å². The van der Waals surface area contributed by atoms with Crippen molar-refractivity contribution >= 4 is 51.8 Å². The van der Waals surface area contributed by atoms with Gasteiger partial charge in [0.05, 0.1) is 12.1 Å². The molecule has 0 atom stereocenters. The number of piperazine rings is 1. The second-order valence-corrected chi connectivity index (χ2v) is 6.71. The highest BCUT2D eigenvalue weighted by Crippen LogP contribution is 2.16. The van der Waals surface area contributed by atoms with Crippen molar-refractivity contribution in [2.24, 2.45) is 10.7 Å². The van der Waals surface area contributed by atoms with E-state index in [-0.39, 0.29) is 29.9 Å². The summed E-state index contributed by atoms with van der Waals surface area (Å²) < 4.78 is 0.853. The second kappa shape index (κ2) is 9.71. The normalized spacial score (nSPS) is 16.9. The molecule has 1 aliphatic rings. The number of primary amides is 1. The zero-order valence-corrected chi connectivity index (χ0v) is 17.5. The van der Waals surface area contributed by atoms with Crippen LogP contribution in [0.25, 0.3) is 0 Å². The van der Waals surface area contributed by atoms with E-state index in [1.807, 2.05) is 20.8 Å². The molecule has 1 rings (SSSR count). The van der Waals surface area contributed by atoms with Crippen LogP contribution >= 0.6 is 39.9 Å². The highest BCUT2D eigenvalue weighted by Gasteiger charge is 2.35. The lowest BCUT2D eigenvalue weighted by molar-refractivity contribution is -0.129. The number of guanidine groups is 1. The van der Waals surface area contributed by atoms with E-state index in [1.165, 1.54) is 0 Å². The molecular weight excluding hydrogens is 461 g/mol. The Kier molecular flexibility index (Phi) is 9.56. The number of nitrogens with two attached hydrogens (primary N) is 1. The molecule has 128 valence electrons. The number of nitrogens with one attached hydrogen (secondary N) is 1. The molecule has 0 unspecified atom stereocenters. The number of amides is 1. The maximum absolute atomic E-state index is 11.5. The molecule has 22 heavy (non-hydrogen) atoms. The first-order chi connectivity index (χ1) is 9.78. The fourth-order valence-corrected chi connectivity index (χ4v) is 2.34. The molecule has 0 aromatic carbocycles. The molecule has 1 amide bonds. The maximum atomic E-state index is 11.5. The van der Waals surface area contributed by atoms with Crippen molar-refractivity contribution in [1.82, 2.24) is 15.1 Å². The minimum atomic E-state index is -0.605. The van der Waals surface area contributed by atoms with Crippen LogP contribution in [0, 0.1) is 0 Å². The predicted molar refractivity (Wildman–Crippen MR) is 106 cm³/mol. The molecule has 6 nitrogen and oxygen atoms in total. The molecule has 0 aromatic heterocycles. The second-order valence-electron chi connectivity index (χ2n) is 5.58. The summed E-state index contributed by atoms with van der Waals surface area (Å²) in [5.41, 5.74) is 4.87. The Hall–Kier alpha value is -0.350. The Morgan fingerprint density at radius 3 is 2.32 bits per heavy atom. The van der Waals surface area contributed by atoms with Crippen molar-refractivity contribution in [3.8, 4) is 0 Å². The lowest BCUT2D eigenvalue weighted by Crippen LogP contribution is -2.61. The molecule has 0 saturated carbocycles. The average molecular weight is 488 g/mol. The zero-order valence-electron chi connectivity index (χ0n) is 13.6. The van der Waals surface area contributed by atoms with E-state index in [9.17, 15) is 4.79 Å². The van der Waals surface area contributed by atoms with Gasteiger partial charge < -0.3 is 16.0 Å². The number of hydrogen-bond acceptors (Lipinski definition) is 3. The summed E-state index contributed by atoms with van der Waals surface area (Å²) in [5, 5.41) is 3.29. The summed E-state index contributed by atoms with van der Waals surface area (Å²) in [6.45, 7) is 14.2. The van der Waals surface area contributed by atoms with Crippen LogP contribution in [0.4, 0.5) is 0 Å². The number of halogens is 2. The number of hydrogen-bond donors (Lipinski definition) is 2. The summed E-state index contributed by atoms with van der Waals surface area (Å²) in [7, 11) is 0. The Balaban J connectivity index is 0.00000441. The number of aliphatic imine (C=N–C) groups is 1. The monoisotopic (exact) mass is 487 g/mol. The molecule has 0 radical (unpaired) electrons. The predicted octanol–water partition coefficient (Wildman–Crippen LogP) is 1.36. The molecule has 0 spiro atoms. The molecule has 0 bridgehead atoms. The van der Waals surface area contributed by atoms with Crippen molar-refractivity contribution < 1.29 is 4.79 Å². The molecule has 1 aliphatic heterocycles. The number of carbonyl (C=O) groups is 1. The van der Waals surface area contributed by atoms with Crippen LogP contribution in [0.3, 0.4) is 0 Å². The van der Waals surface area contributed by atoms with Crippen molar-refractivity contribution in [2.45, 2.75) is 26.3 Å². The molecule has 1 fully saturated rings.